The van der Waals surface area contributed by atoms with Gasteiger partial charge in [-0.1, -0.05) is 12.8 Å². The number of hydrogen-bond donors (Lipinski definition) is 1. The van der Waals surface area contributed by atoms with Gasteiger partial charge in [0.05, 0.1) is 12.5 Å². The van der Waals surface area contributed by atoms with Crippen molar-refractivity contribution >= 4 is 11.7 Å². The van der Waals surface area contributed by atoms with Gasteiger partial charge in [-0.2, -0.15) is 0 Å². The third kappa shape index (κ3) is 3.80. The Morgan fingerprint density at radius 3 is 2.59 bits per heavy atom. The van der Waals surface area contributed by atoms with E-state index in [2.05, 4.69) is 5.92 Å². The second-order valence-corrected chi connectivity index (χ2v) is 3.80. The number of aliphatic carboxylic acids is 1. The Hall–Kier alpha value is -2.02. The van der Waals surface area contributed by atoms with E-state index in [1.807, 2.05) is 0 Å². The molecule has 0 heterocycles. The normalized spacial score (nSPS) is 11.6. The molecule has 1 aromatic carbocycles. The van der Waals surface area contributed by atoms with Gasteiger partial charge in [-0.3, -0.25) is 4.79 Å². The van der Waals surface area contributed by atoms with Gasteiger partial charge in [0.2, 0.25) is 0 Å². The van der Waals surface area contributed by atoms with Gasteiger partial charge in [0.15, 0.2) is 0 Å². The van der Waals surface area contributed by atoms with E-state index in [0.29, 0.717) is 13.1 Å². The van der Waals surface area contributed by atoms with Crippen molar-refractivity contribution < 1.29 is 14.3 Å². The van der Waals surface area contributed by atoms with Crippen molar-refractivity contribution in [2.45, 2.75) is 6.92 Å². The minimum atomic E-state index is -0.880. The molecule has 3 nitrogen and oxygen atoms in total. The van der Waals surface area contributed by atoms with Crippen LogP contribution in [0.15, 0.2) is 24.3 Å². The number of benzene rings is 1. The molecule has 0 bridgehead atoms. The molecular formula is C13H14FNO2. The minimum Gasteiger partial charge on any atom is -0.481 e. The maximum absolute atomic E-state index is 12.8. The summed E-state index contributed by atoms with van der Waals surface area (Å²) in [6.07, 6.45) is 5.24. The van der Waals surface area contributed by atoms with E-state index < -0.39 is 11.9 Å². The Balaban J connectivity index is 2.82. The SMILES string of the molecule is C#CCN(CC(C)C(=O)O)c1ccc(F)cc1. The van der Waals surface area contributed by atoms with Gasteiger partial charge >= 0.3 is 5.97 Å². The van der Waals surface area contributed by atoms with Crippen molar-refractivity contribution in [3.63, 3.8) is 0 Å². The van der Waals surface area contributed by atoms with Crippen LogP contribution in [0.3, 0.4) is 0 Å². The van der Waals surface area contributed by atoms with Crippen molar-refractivity contribution in [2.24, 2.45) is 5.92 Å². The lowest BCUT2D eigenvalue weighted by Gasteiger charge is -2.24. The molecule has 0 radical (unpaired) electrons. The molecular weight excluding hydrogens is 221 g/mol. The molecule has 17 heavy (non-hydrogen) atoms. The summed E-state index contributed by atoms with van der Waals surface area (Å²) >= 11 is 0. The predicted molar refractivity (Wildman–Crippen MR) is 64.2 cm³/mol. The first-order valence-electron chi connectivity index (χ1n) is 5.21. The zero-order valence-electron chi connectivity index (χ0n) is 9.56. The molecule has 0 saturated carbocycles. The summed E-state index contributed by atoms with van der Waals surface area (Å²) in [5, 5.41) is 8.85. The molecule has 1 aromatic rings. The molecule has 1 rings (SSSR count). The van der Waals surface area contributed by atoms with Crippen LogP contribution in [-0.2, 0) is 4.79 Å². The fourth-order valence-electron chi connectivity index (χ4n) is 1.43. The third-order valence-electron chi connectivity index (χ3n) is 2.39. The third-order valence-corrected chi connectivity index (χ3v) is 2.39. The first-order chi connectivity index (χ1) is 8.04. The number of nitrogens with zero attached hydrogens (tertiary/aromatic N) is 1. The van der Waals surface area contributed by atoms with Gasteiger partial charge < -0.3 is 10.0 Å². The summed E-state index contributed by atoms with van der Waals surface area (Å²) < 4.78 is 12.8. The highest BCUT2D eigenvalue weighted by Crippen LogP contribution is 2.16. The smallest absolute Gasteiger partial charge is 0.308 e. The predicted octanol–water partition coefficient (Wildman–Crippen LogP) is 1.99. The van der Waals surface area contributed by atoms with Crippen LogP contribution in [0.4, 0.5) is 10.1 Å². The van der Waals surface area contributed by atoms with Crippen molar-refractivity contribution in [2.75, 3.05) is 18.0 Å². The average Bonchev–Trinajstić information content (AvgIpc) is 2.29. The molecule has 1 N–H and O–H groups in total. The number of anilines is 1. The highest BCUT2D eigenvalue weighted by atomic mass is 19.1. The molecule has 0 amide bonds. The maximum atomic E-state index is 12.8. The first-order valence-corrected chi connectivity index (χ1v) is 5.21. The second kappa shape index (κ2) is 5.90. The first kappa shape index (κ1) is 13.0. The van der Waals surface area contributed by atoms with E-state index in [0.717, 1.165) is 5.69 Å². The lowest BCUT2D eigenvalue weighted by Crippen LogP contribution is -2.32. The van der Waals surface area contributed by atoms with Crippen LogP contribution in [0.2, 0.25) is 0 Å². The van der Waals surface area contributed by atoms with Crippen LogP contribution in [0.1, 0.15) is 6.92 Å². The van der Waals surface area contributed by atoms with Gasteiger partial charge in [0, 0.05) is 12.2 Å². The Morgan fingerprint density at radius 1 is 1.53 bits per heavy atom. The van der Waals surface area contributed by atoms with Crippen LogP contribution < -0.4 is 4.90 Å². The van der Waals surface area contributed by atoms with Crippen LogP contribution in [0, 0.1) is 24.1 Å². The van der Waals surface area contributed by atoms with E-state index in [-0.39, 0.29) is 5.82 Å². The van der Waals surface area contributed by atoms with Gasteiger partial charge in [0.1, 0.15) is 5.82 Å². The monoisotopic (exact) mass is 235 g/mol. The lowest BCUT2D eigenvalue weighted by atomic mass is 10.1. The average molecular weight is 235 g/mol. The van der Waals surface area contributed by atoms with Crippen LogP contribution in [-0.4, -0.2) is 24.2 Å². The molecule has 0 aliphatic carbocycles. The van der Waals surface area contributed by atoms with Crippen LogP contribution in [0.25, 0.3) is 0 Å². The van der Waals surface area contributed by atoms with E-state index >= 15 is 0 Å². The summed E-state index contributed by atoms with van der Waals surface area (Å²) in [6.45, 7) is 2.20. The number of halogens is 1. The van der Waals surface area contributed by atoms with E-state index in [1.54, 1.807) is 24.0 Å². The molecule has 4 heteroatoms. The molecule has 90 valence electrons. The standard InChI is InChI=1S/C13H14FNO2/c1-3-8-15(9-10(2)13(16)17)12-6-4-11(14)5-7-12/h1,4-7,10H,8-9H2,2H3,(H,16,17). The highest BCUT2D eigenvalue weighted by Gasteiger charge is 2.15. The highest BCUT2D eigenvalue weighted by molar-refractivity contribution is 5.70. The Morgan fingerprint density at radius 2 is 2.12 bits per heavy atom. The topological polar surface area (TPSA) is 40.5 Å². The second-order valence-electron chi connectivity index (χ2n) is 3.80. The lowest BCUT2D eigenvalue weighted by molar-refractivity contribution is -0.140. The maximum Gasteiger partial charge on any atom is 0.308 e. The summed E-state index contributed by atoms with van der Waals surface area (Å²) in [7, 11) is 0. The summed E-state index contributed by atoms with van der Waals surface area (Å²) in [5.74, 6) is 0.717. The molecule has 0 aliphatic rings. The summed E-state index contributed by atoms with van der Waals surface area (Å²) in [6, 6.07) is 5.82. The zero-order valence-corrected chi connectivity index (χ0v) is 9.56. The molecule has 0 aliphatic heterocycles. The van der Waals surface area contributed by atoms with Crippen molar-refractivity contribution in [1.82, 2.24) is 0 Å². The quantitative estimate of drug-likeness (QED) is 0.793. The number of carbonyl (C=O) groups is 1. The molecule has 0 saturated heterocycles. The van der Waals surface area contributed by atoms with Crippen LogP contribution in [0.5, 0.6) is 0 Å². The fourth-order valence-corrected chi connectivity index (χ4v) is 1.43. The van der Waals surface area contributed by atoms with Crippen molar-refractivity contribution in [3.05, 3.63) is 30.1 Å². The Labute approximate surface area is 99.9 Å². The number of carboxylic acid groups (broad SMARTS) is 1. The van der Waals surface area contributed by atoms with Gasteiger partial charge in [-0.15, -0.1) is 6.42 Å². The molecule has 1 unspecified atom stereocenters. The minimum absolute atomic E-state index is 0.295. The number of terminal acetylenes is 1. The fraction of sp³-hybridized carbons (Fsp3) is 0.308. The van der Waals surface area contributed by atoms with Crippen LogP contribution >= 0.6 is 0 Å². The molecule has 0 aromatic heterocycles. The van der Waals surface area contributed by atoms with E-state index in [9.17, 15) is 9.18 Å². The Bertz CT molecular complexity index is 422. The molecule has 0 spiro atoms. The van der Waals surface area contributed by atoms with Gasteiger partial charge in [0.25, 0.3) is 0 Å². The summed E-state index contributed by atoms with van der Waals surface area (Å²) in [4.78, 5) is 12.5. The van der Waals surface area contributed by atoms with Gasteiger partial charge in [-0.25, -0.2) is 4.39 Å². The number of rotatable bonds is 5. The molecule has 0 fully saturated rings. The molecule has 1 atom stereocenters. The van der Waals surface area contributed by atoms with E-state index in [4.69, 9.17) is 11.5 Å². The van der Waals surface area contributed by atoms with Crippen molar-refractivity contribution in [3.8, 4) is 12.3 Å². The number of hydrogen-bond acceptors (Lipinski definition) is 2. The number of carboxylic acids is 1. The van der Waals surface area contributed by atoms with Gasteiger partial charge in [-0.05, 0) is 24.3 Å². The zero-order chi connectivity index (χ0) is 12.8. The largest absolute Gasteiger partial charge is 0.481 e. The van der Waals surface area contributed by atoms with Crippen molar-refractivity contribution in [1.29, 1.82) is 0 Å². The summed E-state index contributed by atoms with van der Waals surface area (Å²) in [5.41, 5.74) is 0.720. The van der Waals surface area contributed by atoms with E-state index in [1.165, 1.54) is 12.1 Å². The Kier molecular flexibility index (Phi) is 4.53.